The van der Waals surface area contributed by atoms with Crippen molar-refractivity contribution in [1.29, 1.82) is 0 Å². The Bertz CT molecular complexity index is 668. The highest BCUT2D eigenvalue weighted by molar-refractivity contribution is 5.51. The summed E-state index contributed by atoms with van der Waals surface area (Å²) < 4.78 is 1.89. The van der Waals surface area contributed by atoms with Crippen molar-refractivity contribution in [2.75, 3.05) is 5.73 Å². The fourth-order valence-corrected chi connectivity index (χ4v) is 1.78. The first-order valence-electron chi connectivity index (χ1n) is 5.41. The number of nitrogen functional groups attached to an aromatic ring is 1. The summed E-state index contributed by atoms with van der Waals surface area (Å²) in [6, 6.07) is 9.80. The Kier molecular flexibility index (Phi) is 2.30. The minimum Gasteiger partial charge on any atom is -0.366 e. The fourth-order valence-electron chi connectivity index (χ4n) is 1.78. The van der Waals surface area contributed by atoms with E-state index in [-0.39, 0.29) is 5.95 Å². The summed E-state index contributed by atoms with van der Waals surface area (Å²) in [4.78, 5) is 4.07. The summed E-state index contributed by atoms with van der Waals surface area (Å²) in [5, 5.41) is 14.7. The molecule has 0 saturated heterocycles. The van der Waals surface area contributed by atoms with Crippen LogP contribution >= 0.6 is 0 Å². The second-order valence-corrected chi connectivity index (χ2v) is 3.78. The van der Waals surface area contributed by atoms with Crippen molar-refractivity contribution in [2.45, 2.75) is 6.92 Å². The number of nitrogens with zero attached hydrogens (tertiary/aromatic N) is 5. The Morgan fingerprint density at radius 3 is 2.61 bits per heavy atom. The Labute approximate surface area is 103 Å². The van der Waals surface area contributed by atoms with Crippen LogP contribution in [0.25, 0.3) is 17.3 Å². The molecule has 2 aromatic heterocycles. The van der Waals surface area contributed by atoms with E-state index in [0.717, 1.165) is 11.5 Å². The molecule has 7 nitrogen and oxygen atoms in total. The van der Waals surface area contributed by atoms with Gasteiger partial charge in [-0.2, -0.15) is 4.98 Å². The number of hydrogen-bond acceptors (Lipinski definition) is 5. The second-order valence-electron chi connectivity index (χ2n) is 3.78. The average molecular weight is 241 g/mol. The van der Waals surface area contributed by atoms with Crippen molar-refractivity contribution in [2.24, 2.45) is 0 Å². The van der Waals surface area contributed by atoms with Gasteiger partial charge in [-0.3, -0.25) is 9.67 Å². The first-order valence-corrected chi connectivity index (χ1v) is 5.41. The first kappa shape index (κ1) is 10.5. The van der Waals surface area contributed by atoms with Crippen molar-refractivity contribution in [3.63, 3.8) is 0 Å². The van der Waals surface area contributed by atoms with E-state index in [2.05, 4.69) is 25.4 Å². The number of para-hydroxylation sites is 1. The molecule has 7 heteroatoms. The Morgan fingerprint density at radius 2 is 1.94 bits per heavy atom. The van der Waals surface area contributed by atoms with Gasteiger partial charge < -0.3 is 5.73 Å². The predicted molar refractivity (Wildman–Crippen MR) is 65.9 cm³/mol. The lowest BCUT2D eigenvalue weighted by atomic mass is 10.3. The lowest BCUT2D eigenvalue weighted by Gasteiger charge is -2.06. The maximum Gasteiger partial charge on any atom is 0.239 e. The van der Waals surface area contributed by atoms with Crippen molar-refractivity contribution >= 4 is 5.95 Å². The van der Waals surface area contributed by atoms with Crippen LogP contribution in [0.3, 0.4) is 0 Å². The third-order valence-corrected chi connectivity index (χ3v) is 2.55. The van der Waals surface area contributed by atoms with Gasteiger partial charge >= 0.3 is 0 Å². The molecule has 0 spiro atoms. The number of anilines is 1. The van der Waals surface area contributed by atoms with E-state index >= 15 is 0 Å². The SMILES string of the molecule is Cc1nnc(-c2nc(N)n[nH]2)n1-c1ccccc1. The standard InChI is InChI=1S/C11H11N7/c1-7-14-16-10(9-13-11(12)17-15-9)18(7)8-5-3-2-4-6-8/h2-6H,1H3,(H3,12,13,15,17). The predicted octanol–water partition coefficient (Wildman–Crippen LogP) is 0.943. The van der Waals surface area contributed by atoms with Gasteiger partial charge in [-0.1, -0.05) is 18.2 Å². The van der Waals surface area contributed by atoms with E-state index in [1.165, 1.54) is 0 Å². The van der Waals surface area contributed by atoms with Crippen LogP contribution < -0.4 is 5.73 Å². The zero-order valence-corrected chi connectivity index (χ0v) is 9.70. The van der Waals surface area contributed by atoms with Crippen LogP contribution in [0.4, 0.5) is 5.95 Å². The third-order valence-electron chi connectivity index (χ3n) is 2.55. The highest BCUT2D eigenvalue weighted by atomic mass is 15.3. The maximum atomic E-state index is 5.50. The highest BCUT2D eigenvalue weighted by Crippen LogP contribution is 2.19. The molecule has 0 unspecified atom stereocenters. The van der Waals surface area contributed by atoms with E-state index in [4.69, 9.17) is 5.73 Å². The molecule has 90 valence electrons. The van der Waals surface area contributed by atoms with Gasteiger partial charge in [0.15, 0.2) is 5.82 Å². The molecule has 18 heavy (non-hydrogen) atoms. The van der Waals surface area contributed by atoms with Gasteiger partial charge in [-0.25, -0.2) is 0 Å². The minimum absolute atomic E-state index is 0.185. The smallest absolute Gasteiger partial charge is 0.239 e. The molecule has 0 aliphatic carbocycles. The molecule has 0 fully saturated rings. The molecule has 3 rings (SSSR count). The molecule has 0 aliphatic rings. The monoisotopic (exact) mass is 241 g/mol. The molecule has 3 N–H and O–H groups in total. The van der Waals surface area contributed by atoms with E-state index in [1.54, 1.807) is 0 Å². The van der Waals surface area contributed by atoms with Crippen molar-refractivity contribution < 1.29 is 0 Å². The summed E-state index contributed by atoms with van der Waals surface area (Å²) in [6.45, 7) is 1.88. The van der Waals surface area contributed by atoms with Crippen LogP contribution in [0.5, 0.6) is 0 Å². The molecule has 2 heterocycles. The molecule has 1 aromatic carbocycles. The van der Waals surface area contributed by atoms with E-state index in [9.17, 15) is 0 Å². The summed E-state index contributed by atoms with van der Waals surface area (Å²) >= 11 is 0. The number of aromatic amines is 1. The summed E-state index contributed by atoms with van der Waals surface area (Å²) in [7, 11) is 0. The molecule has 0 saturated carbocycles. The van der Waals surface area contributed by atoms with Gasteiger partial charge in [0.1, 0.15) is 5.82 Å². The number of rotatable bonds is 2. The molecule has 0 bridgehead atoms. The number of nitrogens with two attached hydrogens (primary N) is 1. The topological polar surface area (TPSA) is 98.3 Å². The fraction of sp³-hybridized carbons (Fsp3) is 0.0909. The van der Waals surface area contributed by atoms with Crippen molar-refractivity contribution in [1.82, 2.24) is 29.9 Å². The summed E-state index contributed by atoms with van der Waals surface area (Å²) in [5.74, 6) is 2.04. The normalized spacial score (nSPS) is 10.7. The van der Waals surface area contributed by atoms with Gasteiger partial charge in [0, 0.05) is 5.69 Å². The van der Waals surface area contributed by atoms with E-state index in [1.807, 2.05) is 41.8 Å². The molecule has 0 amide bonds. The molecular formula is C11H11N7. The summed E-state index contributed by atoms with van der Waals surface area (Å²) in [6.07, 6.45) is 0. The lowest BCUT2D eigenvalue weighted by Crippen LogP contribution is -2.00. The van der Waals surface area contributed by atoms with Crippen LogP contribution in [-0.2, 0) is 0 Å². The third kappa shape index (κ3) is 1.61. The lowest BCUT2D eigenvalue weighted by molar-refractivity contribution is 0.965. The summed E-state index contributed by atoms with van der Waals surface area (Å²) in [5.41, 5.74) is 6.46. The number of nitrogens with one attached hydrogen (secondary N) is 1. The number of hydrogen-bond donors (Lipinski definition) is 2. The van der Waals surface area contributed by atoms with Gasteiger partial charge in [0.2, 0.25) is 11.8 Å². The van der Waals surface area contributed by atoms with E-state index < -0.39 is 0 Å². The van der Waals surface area contributed by atoms with Crippen LogP contribution in [0, 0.1) is 6.92 Å². The number of H-pyrrole nitrogens is 1. The molecule has 0 aliphatic heterocycles. The average Bonchev–Trinajstić information content (AvgIpc) is 2.96. The molecule has 0 atom stereocenters. The van der Waals surface area contributed by atoms with Crippen LogP contribution in [0.15, 0.2) is 30.3 Å². The zero-order chi connectivity index (χ0) is 12.5. The van der Waals surface area contributed by atoms with Gasteiger partial charge in [-0.05, 0) is 19.1 Å². The molecule has 3 aromatic rings. The Hall–Kier alpha value is -2.70. The number of aryl methyl sites for hydroxylation is 1. The van der Waals surface area contributed by atoms with Crippen LogP contribution in [0.1, 0.15) is 5.82 Å². The quantitative estimate of drug-likeness (QED) is 0.695. The Morgan fingerprint density at radius 1 is 1.17 bits per heavy atom. The van der Waals surface area contributed by atoms with Gasteiger partial charge in [-0.15, -0.1) is 15.3 Å². The van der Waals surface area contributed by atoms with Gasteiger partial charge in [0.05, 0.1) is 0 Å². The zero-order valence-electron chi connectivity index (χ0n) is 9.70. The highest BCUT2D eigenvalue weighted by Gasteiger charge is 2.15. The number of aromatic nitrogens is 6. The van der Waals surface area contributed by atoms with Crippen molar-refractivity contribution in [3.8, 4) is 17.3 Å². The largest absolute Gasteiger partial charge is 0.366 e. The Balaban J connectivity index is 2.18. The van der Waals surface area contributed by atoms with Crippen molar-refractivity contribution in [3.05, 3.63) is 36.2 Å². The molecule has 0 radical (unpaired) electrons. The van der Waals surface area contributed by atoms with E-state index in [0.29, 0.717) is 11.6 Å². The maximum absolute atomic E-state index is 5.50. The van der Waals surface area contributed by atoms with Crippen LogP contribution in [-0.4, -0.2) is 29.9 Å². The first-order chi connectivity index (χ1) is 8.75. The molecular weight excluding hydrogens is 230 g/mol. The second kappa shape index (κ2) is 3.95. The minimum atomic E-state index is 0.185. The van der Waals surface area contributed by atoms with Gasteiger partial charge in [0.25, 0.3) is 0 Å². The number of benzene rings is 1. The van der Waals surface area contributed by atoms with Crippen LogP contribution in [0.2, 0.25) is 0 Å².